The maximum absolute atomic E-state index is 13.0. The van der Waals surface area contributed by atoms with Crippen LogP contribution in [0.25, 0.3) is 10.4 Å². The maximum atomic E-state index is 13.0. The lowest BCUT2D eigenvalue weighted by Gasteiger charge is -2.21. The van der Waals surface area contributed by atoms with E-state index in [1.165, 1.54) is 23.5 Å². The first-order valence-electron chi connectivity index (χ1n) is 8.63. The van der Waals surface area contributed by atoms with Crippen LogP contribution in [0.4, 0.5) is 10.9 Å². The van der Waals surface area contributed by atoms with E-state index in [-0.39, 0.29) is 36.2 Å². The van der Waals surface area contributed by atoms with Gasteiger partial charge in [0.2, 0.25) is 10.0 Å². The summed E-state index contributed by atoms with van der Waals surface area (Å²) >= 11 is 7.54. The Morgan fingerprint density at radius 1 is 1.24 bits per heavy atom. The molecular formula is C17H20ClN5O4S2. The molecule has 0 bridgehead atoms. The number of halogens is 1. The quantitative estimate of drug-likeness (QED) is 0.387. The zero-order valence-corrected chi connectivity index (χ0v) is 17.9. The second-order valence-corrected chi connectivity index (χ2v) is 9.33. The van der Waals surface area contributed by atoms with E-state index in [0.29, 0.717) is 16.5 Å². The Hall–Kier alpha value is -2.02. The number of aromatic amines is 1. The highest BCUT2D eigenvalue weighted by molar-refractivity contribution is 7.89. The Bertz CT molecular complexity index is 1060. The third kappa shape index (κ3) is 4.77. The number of aromatic nitrogens is 3. The van der Waals surface area contributed by atoms with Crippen LogP contribution in [0.2, 0.25) is 5.02 Å². The molecule has 0 fully saturated rings. The number of thiazole rings is 1. The van der Waals surface area contributed by atoms with E-state index in [2.05, 4.69) is 20.5 Å². The maximum Gasteiger partial charge on any atom is 0.244 e. The molecule has 2 heterocycles. The largest absolute Gasteiger partial charge is 0.395 e. The van der Waals surface area contributed by atoms with Crippen LogP contribution in [0.3, 0.4) is 0 Å². The zero-order chi connectivity index (χ0) is 21.0. The van der Waals surface area contributed by atoms with Crippen molar-refractivity contribution in [1.29, 1.82) is 0 Å². The van der Waals surface area contributed by atoms with Gasteiger partial charge in [-0.1, -0.05) is 29.0 Å². The van der Waals surface area contributed by atoms with Crippen LogP contribution in [-0.4, -0.2) is 64.4 Å². The van der Waals surface area contributed by atoms with Crippen molar-refractivity contribution in [2.24, 2.45) is 0 Å². The van der Waals surface area contributed by atoms with Gasteiger partial charge >= 0.3 is 0 Å². The molecule has 4 N–H and O–H groups in total. The summed E-state index contributed by atoms with van der Waals surface area (Å²) in [7, 11) is -4.00. The third-order valence-electron chi connectivity index (χ3n) is 4.04. The van der Waals surface area contributed by atoms with Gasteiger partial charge in [-0.25, -0.2) is 13.4 Å². The molecule has 0 aliphatic rings. The number of anilines is 2. The number of aliphatic hydroxyl groups is 2. The lowest BCUT2D eigenvalue weighted by atomic mass is 10.2. The van der Waals surface area contributed by atoms with Crippen molar-refractivity contribution in [1.82, 2.24) is 19.5 Å². The minimum absolute atomic E-state index is 0.0617. The Balaban J connectivity index is 1.98. The van der Waals surface area contributed by atoms with Crippen LogP contribution in [0.1, 0.15) is 5.69 Å². The third-order valence-corrected chi connectivity index (χ3v) is 7.54. The van der Waals surface area contributed by atoms with Crippen molar-refractivity contribution in [2.75, 3.05) is 31.6 Å². The average molecular weight is 458 g/mol. The number of hydrogen-bond acceptors (Lipinski definition) is 8. The van der Waals surface area contributed by atoms with Crippen LogP contribution < -0.4 is 5.32 Å². The van der Waals surface area contributed by atoms with Crippen molar-refractivity contribution in [3.63, 3.8) is 0 Å². The molecule has 2 aromatic heterocycles. The monoisotopic (exact) mass is 457 g/mol. The first-order chi connectivity index (χ1) is 13.9. The highest BCUT2D eigenvalue weighted by atomic mass is 35.5. The van der Waals surface area contributed by atoms with Gasteiger partial charge in [0.15, 0.2) is 10.9 Å². The van der Waals surface area contributed by atoms with Gasteiger partial charge in [-0.15, -0.1) is 0 Å². The summed E-state index contributed by atoms with van der Waals surface area (Å²) < 4.78 is 27.0. The zero-order valence-electron chi connectivity index (χ0n) is 15.5. The molecular weight excluding hydrogens is 438 g/mol. The van der Waals surface area contributed by atoms with Crippen LogP contribution in [0.15, 0.2) is 35.4 Å². The van der Waals surface area contributed by atoms with Crippen LogP contribution in [-0.2, 0) is 10.0 Å². The number of aryl methyl sites for hydroxylation is 1. The average Bonchev–Trinajstić information content (AvgIpc) is 3.31. The van der Waals surface area contributed by atoms with Crippen molar-refractivity contribution < 1.29 is 18.6 Å². The number of hydrogen-bond donors (Lipinski definition) is 4. The molecule has 3 aromatic rings. The summed E-state index contributed by atoms with van der Waals surface area (Å²) in [5.74, 6) is 0.619. The summed E-state index contributed by atoms with van der Waals surface area (Å²) in [6.45, 7) is 0.815. The molecule has 0 atom stereocenters. The van der Waals surface area contributed by atoms with Gasteiger partial charge in [0.05, 0.1) is 28.8 Å². The SMILES string of the molecule is Cc1nc(Nc2cc[nH]n2)sc1-c1ccc(Cl)c(S(=O)(=O)N(CCO)CCO)c1. The summed E-state index contributed by atoms with van der Waals surface area (Å²) in [5, 5.41) is 28.8. The van der Waals surface area contributed by atoms with Gasteiger partial charge < -0.3 is 15.5 Å². The summed E-state index contributed by atoms with van der Waals surface area (Å²) in [6, 6.07) is 6.49. The predicted molar refractivity (Wildman–Crippen MR) is 112 cm³/mol. The minimum atomic E-state index is -4.00. The Labute approximate surface area is 177 Å². The van der Waals surface area contributed by atoms with Gasteiger partial charge in [-0.3, -0.25) is 5.10 Å². The van der Waals surface area contributed by atoms with E-state index in [1.807, 2.05) is 6.92 Å². The van der Waals surface area contributed by atoms with Gasteiger partial charge in [0, 0.05) is 25.4 Å². The first kappa shape index (κ1) is 21.7. The molecule has 1 aromatic carbocycles. The molecule has 0 saturated heterocycles. The number of sulfonamides is 1. The fourth-order valence-corrected chi connectivity index (χ4v) is 5.61. The van der Waals surface area contributed by atoms with Crippen LogP contribution in [0, 0.1) is 6.92 Å². The Morgan fingerprint density at radius 2 is 1.97 bits per heavy atom. The highest BCUT2D eigenvalue weighted by Crippen LogP contribution is 2.37. The predicted octanol–water partition coefficient (Wildman–Crippen LogP) is 2.21. The van der Waals surface area contributed by atoms with E-state index >= 15 is 0 Å². The standard InChI is InChI=1S/C17H20ClN5O4S2/c1-11-16(28-17(20-11)21-15-4-5-19-22-15)12-2-3-13(18)14(10-12)29(26,27)23(6-8-24)7-9-25/h2-5,10,24-25H,6-9H2,1H3,(H2,19,20,21,22). The molecule has 0 unspecified atom stereocenters. The summed E-state index contributed by atoms with van der Waals surface area (Å²) in [6.07, 6.45) is 1.69. The smallest absolute Gasteiger partial charge is 0.244 e. The second-order valence-electron chi connectivity index (χ2n) is 6.01. The molecule has 0 aliphatic carbocycles. The topological polar surface area (TPSA) is 131 Å². The number of nitrogens with zero attached hydrogens (tertiary/aromatic N) is 3. The van der Waals surface area contributed by atoms with Crippen LogP contribution in [0.5, 0.6) is 0 Å². The van der Waals surface area contributed by atoms with E-state index in [9.17, 15) is 18.6 Å². The molecule has 0 aliphatic heterocycles. The lowest BCUT2D eigenvalue weighted by molar-refractivity contribution is 0.217. The normalized spacial score (nSPS) is 11.9. The van der Waals surface area contributed by atoms with Gasteiger partial charge in [0.25, 0.3) is 0 Å². The minimum Gasteiger partial charge on any atom is -0.395 e. The van der Waals surface area contributed by atoms with Crippen molar-refractivity contribution in [2.45, 2.75) is 11.8 Å². The number of benzene rings is 1. The molecule has 0 saturated carbocycles. The van der Waals surface area contributed by atoms with Gasteiger partial charge in [-0.2, -0.15) is 9.40 Å². The Morgan fingerprint density at radius 3 is 2.59 bits per heavy atom. The Kier molecular flexibility index (Phi) is 6.88. The van der Waals surface area contributed by atoms with E-state index in [1.54, 1.807) is 18.3 Å². The molecule has 0 radical (unpaired) electrons. The molecule has 156 valence electrons. The van der Waals surface area contributed by atoms with Gasteiger partial charge in [-0.05, 0) is 24.6 Å². The summed E-state index contributed by atoms with van der Waals surface area (Å²) in [4.78, 5) is 5.16. The summed E-state index contributed by atoms with van der Waals surface area (Å²) in [5.41, 5.74) is 1.37. The highest BCUT2D eigenvalue weighted by Gasteiger charge is 2.27. The molecule has 9 nitrogen and oxygen atoms in total. The number of nitrogens with one attached hydrogen (secondary N) is 2. The number of H-pyrrole nitrogens is 1. The fourth-order valence-electron chi connectivity index (χ4n) is 2.71. The van der Waals surface area contributed by atoms with Crippen LogP contribution >= 0.6 is 22.9 Å². The fraction of sp³-hybridized carbons (Fsp3) is 0.294. The van der Waals surface area contributed by atoms with Gasteiger partial charge in [0.1, 0.15) is 4.90 Å². The first-order valence-corrected chi connectivity index (χ1v) is 11.3. The molecule has 12 heteroatoms. The second kappa shape index (κ2) is 9.20. The molecule has 0 amide bonds. The van der Waals surface area contributed by atoms with E-state index in [0.717, 1.165) is 14.9 Å². The number of aliphatic hydroxyl groups excluding tert-OH is 2. The van der Waals surface area contributed by atoms with Crippen molar-refractivity contribution in [3.05, 3.63) is 41.2 Å². The molecule has 3 rings (SSSR count). The van der Waals surface area contributed by atoms with Crippen molar-refractivity contribution in [3.8, 4) is 10.4 Å². The molecule has 29 heavy (non-hydrogen) atoms. The number of rotatable bonds is 9. The van der Waals surface area contributed by atoms with Crippen molar-refractivity contribution >= 4 is 43.9 Å². The van der Waals surface area contributed by atoms with E-state index < -0.39 is 10.0 Å². The molecule has 0 spiro atoms. The van der Waals surface area contributed by atoms with E-state index in [4.69, 9.17) is 11.6 Å². The lowest BCUT2D eigenvalue weighted by Crippen LogP contribution is -2.36.